The first-order chi connectivity index (χ1) is 8.98. The maximum atomic E-state index is 13.0. The molecule has 0 unspecified atom stereocenters. The van der Waals surface area contributed by atoms with Crippen molar-refractivity contribution in [3.05, 3.63) is 24.0 Å². The molecule has 1 rings (SSSR count). The summed E-state index contributed by atoms with van der Waals surface area (Å²) in [5.74, 6) is -0.289. The third-order valence-corrected chi connectivity index (χ3v) is 3.88. The van der Waals surface area contributed by atoms with Crippen LogP contribution in [0.4, 0.5) is 10.1 Å². The van der Waals surface area contributed by atoms with Crippen molar-refractivity contribution in [2.45, 2.75) is 12.8 Å². The highest BCUT2D eigenvalue weighted by Gasteiger charge is 2.13. The first kappa shape index (κ1) is 15.7. The SMILES string of the molecule is CNCCCCS(=O)(=O)Nc1ccc(F)cc1OC. The molecule has 1 aromatic rings. The van der Waals surface area contributed by atoms with Crippen LogP contribution < -0.4 is 14.8 Å². The maximum absolute atomic E-state index is 13.0. The van der Waals surface area contributed by atoms with Crippen LogP contribution in [0.3, 0.4) is 0 Å². The molecule has 108 valence electrons. The standard InChI is InChI=1S/C12H19FN2O3S/c1-14-7-3-4-8-19(16,17)15-11-6-5-10(13)9-12(11)18-2/h5-6,9,14-15H,3-4,7-8H2,1-2H3. The van der Waals surface area contributed by atoms with Crippen molar-refractivity contribution in [1.82, 2.24) is 5.32 Å². The van der Waals surface area contributed by atoms with E-state index in [1.807, 2.05) is 7.05 Å². The molecule has 0 aromatic heterocycles. The van der Waals surface area contributed by atoms with Crippen molar-refractivity contribution in [1.29, 1.82) is 0 Å². The summed E-state index contributed by atoms with van der Waals surface area (Å²) in [5.41, 5.74) is 0.248. The summed E-state index contributed by atoms with van der Waals surface area (Å²) >= 11 is 0. The van der Waals surface area contributed by atoms with Gasteiger partial charge < -0.3 is 10.1 Å². The molecule has 0 spiro atoms. The topological polar surface area (TPSA) is 67.4 Å². The van der Waals surface area contributed by atoms with Crippen molar-refractivity contribution in [3.8, 4) is 5.75 Å². The fourth-order valence-electron chi connectivity index (χ4n) is 1.56. The number of rotatable bonds is 8. The predicted molar refractivity (Wildman–Crippen MR) is 73.5 cm³/mol. The van der Waals surface area contributed by atoms with Gasteiger partial charge >= 0.3 is 0 Å². The second kappa shape index (κ2) is 7.30. The first-order valence-corrected chi connectivity index (χ1v) is 7.62. The van der Waals surface area contributed by atoms with Gasteiger partial charge in [-0.2, -0.15) is 0 Å². The zero-order valence-electron chi connectivity index (χ0n) is 11.1. The molecule has 0 aliphatic carbocycles. The molecule has 2 N–H and O–H groups in total. The maximum Gasteiger partial charge on any atom is 0.232 e. The van der Waals surface area contributed by atoms with E-state index in [9.17, 15) is 12.8 Å². The number of hydrogen-bond donors (Lipinski definition) is 2. The van der Waals surface area contributed by atoms with E-state index >= 15 is 0 Å². The average molecular weight is 290 g/mol. The second-order valence-corrected chi connectivity index (χ2v) is 5.92. The van der Waals surface area contributed by atoms with Crippen LogP contribution in [0.5, 0.6) is 5.75 Å². The highest BCUT2D eigenvalue weighted by Crippen LogP contribution is 2.26. The van der Waals surface area contributed by atoms with Crippen molar-refractivity contribution < 1.29 is 17.5 Å². The molecule has 0 atom stereocenters. The summed E-state index contributed by atoms with van der Waals surface area (Å²) in [6, 6.07) is 3.67. The normalized spacial score (nSPS) is 11.3. The fourth-order valence-corrected chi connectivity index (χ4v) is 2.75. The highest BCUT2D eigenvalue weighted by molar-refractivity contribution is 7.92. The van der Waals surface area contributed by atoms with Crippen molar-refractivity contribution in [2.24, 2.45) is 0 Å². The number of hydrogen-bond acceptors (Lipinski definition) is 4. The number of nitrogens with one attached hydrogen (secondary N) is 2. The lowest BCUT2D eigenvalue weighted by atomic mass is 10.3. The molecule has 0 fully saturated rings. The van der Waals surface area contributed by atoms with Gasteiger partial charge in [-0.15, -0.1) is 0 Å². The average Bonchev–Trinajstić information content (AvgIpc) is 2.36. The Hall–Kier alpha value is -1.34. The molecule has 0 radical (unpaired) electrons. The Balaban J connectivity index is 2.67. The Labute approximate surface area is 113 Å². The Morgan fingerprint density at radius 2 is 2.05 bits per heavy atom. The van der Waals surface area contributed by atoms with Crippen LogP contribution in [0.25, 0.3) is 0 Å². The summed E-state index contributed by atoms with van der Waals surface area (Å²) in [4.78, 5) is 0. The number of sulfonamides is 1. The summed E-state index contributed by atoms with van der Waals surface area (Å²) in [6.45, 7) is 0.773. The quantitative estimate of drug-likeness (QED) is 0.713. The minimum Gasteiger partial charge on any atom is -0.494 e. The molecule has 0 aliphatic rings. The van der Waals surface area contributed by atoms with Crippen LogP contribution in [0.1, 0.15) is 12.8 Å². The lowest BCUT2D eigenvalue weighted by Crippen LogP contribution is -2.18. The van der Waals surface area contributed by atoms with Crippen LogP contribution in [-0.4, -0.2) is 34.9 Å². The monoisotopic (exact) mass is 290 g/mol. The number of halogens is 1. The second-order valence-electron chi connectivity index (χ2n) is 4.08. The molecule has 0 bridgehead atoms. The molecular formula is C12H19FN2O3S. The van der Waals surface area contributed by atoms with Gasteiger partial charge in [-0.25, -0.2) is 12.8 Å². The van der Waals surface area contributed by atoms with E-state index in [2.05, 4.69) is 10.0 Å². The number of benzene rings is 1. The summed E-state index contributed by atoms with van der Waals surface area (Å²) in [7, 11) is -0.265. The molecule has 5 nitrogen and oxygen atoms in total. The van der Waals surface area contributed by atoms with Crippen LogP contribution >= 0.6 is 0 Å². The molecule has 19 heavy (non-hydrogen) atoms. The van der Waals surface area contributed by atoms with Crippen molar-refractivity contribution in [3.63, 3.8) is 0 Å². The zero-order valence-corrected chi connectivity index (χ0v) is 11.9. The van der Waals surface area contributed by atoms with E-state index < -0.39 is 15.8 Å². The van der Waals surface area contributed by atoms with Crippen LogP contribution in [0.2, 0.25) is 0 Å². The lowest BCUT2D eigenvalue weighted by molar-refractivity contribution is 0.413. The van der Waals surface area contributed by atoms with E-state index in [0.717, 1.165) is 19.0 Å². The number of ether oxygens (including phenoxy) is 1. The van der Waals surface area contributed by atoms with E-state index in [1.165, 1.54) is 19.2 Å². The minimum atomic E-state index is -3.44. The van der Waals surface area contributed by atoms with E-state index in [-0.39, 0.29) is 17.2 Å². The molecule has 0 aliphatic heterocycles. The van der Waals surface area contributed by atoms with Gasteiger partial charge in [-0.1, -0.05) is 0 Å². The van der Waals surface area contributed by atoms with Gasteiger partial charge in [0.15, 0.2) is 0 Å². The van der Waals surface area contributed by atoms with Crippen LogP contribution in [-0.2, 0) is 10.0 Å². The van der Waals surface area contributed by atoms with Gasteiger partial charge in [-0.05, 0) is 38.6 Å². The third kappa shape index (κ3) is 5.44. The molecule has 0 heterocycles. The fraction of sp³-hybridized carbons (Fsp3) is 0.500. The molecular weight excluding hydrogens is 271 g/mol. The molecule has 0 amide bonds. The Morgan fingerprint density at radius 1 is 1.32 bits per heavy atom. The Morgan fingerprint density at radius 3 is 2.68 bits per heavy atom. The number of unbranched alkanes of at least 4 members (excludes halogenated alkanes) is 1. The Kier molecular flexibility index (Phi) is 6.04. The number of anilines is 1. The summed E-state index contributed by atoms with van der Waals surface area (Å²) < 4.78 is 44.0. The van der Waals surface area contributed by atoms with Crippen molar-refractivity contribution >= 4 is 15.7 Å². The van der Waals surface area contributed by atoms with Gasteiger partial charge in [-0.3, -0.25) is 4.72 Å². The first-order valence-electron chi connectivity index (χ1n) is 5.97. The minimum absolute atomic E-state index is 0.0230. The molecule has 7 heteroatoms. The van der Waals surface area contributed by atoms with Gasteiger partial charge in [0.05, 0.1) is 18.6 Å². The summed E-state index contributed by atoms with van der Waals surface area (Å²) in [5, 5.41) is 2.95. The van der Waals surface area contributed by atoms with Crippen LogP contribution in [0.15, 0.2) is 18.2 Å². The van der Waals surface area contributed by atoms with E-state index in [4.69, 9.17) is 4.74 Å². The van der Waals surface area contributed by atoms with Crippen molar-refractivity contribution in [2.75, 3.05) is 31.2 Å². The van der Waals surface area contributed by atoms with E-state index in [0.29, 0.717) is 6.42 Å². The van der Waals surface area contributed by atoms with Gasteiger partial charge in [0.25, 0.3) is 0 Å². The highest BCUT2D eigenvalue weighted by atomic mass is 32.2. The summed E-state index contributed by atoms with van der Waals surface area (Å²) in [6.07, 6.45) is 1.33. The predicted octanol–water partition coefficient (Wildman–Crippen LogP) is 1.58. The van der Waals surface area contributed by atoms with Crippen LogP contribution in [0, 0.1) is 5.82 Å². The Bertz CT molecular complexity index is 506. The molecule has 1 aromatic carbocycles. The molecule has 0 saturated carbocycles. The third-order valence-electron chi connectivity index (χ3n) is 2.52. The van der Waals surface area contributed by atoms with E-state index in [1.54, 1.807) is 0 Å². The lowest BCUT2D eigenvalue weighted by Gasteiger charge is -2.11. The molecule has 0 saturated heterocycles. The smallest absolute Gasteiger partial charge is 0.232 e. The number of methoxy groups -OCH3 is 1. The largest absolute Gasteiger partial charge is 0.494 e. The van der Waals surface area contributed by atoms with Gasteiger partial charge in [0.1, 0.15) is 11.6 Å². The van der Waals surface area contributed by atoms with Gasteiger partial charge in [0.2, 0.25) is 10.0 Å². The zero-order chi connectivity index (χ0) is 14.3. The van der Waals surface area contributed by atoms with Gasteiger partial charge in [0, 0.05) is 6.07 Å².